The van der Waals surface area contributed by atoms with Gasteiger partial charge in [0.2, 0.25) is 0 Å². The summed E-state index contributed by atoms with van der Waals surface area (Å²) in [4.78, 5) is 0.658. The SMILES string of the molecule is Cn1cc(C2CCCCC2Br)cn1. The zero-order chi connectivity index (χ0) is 9.26. The van der Waals surface area contributed by atoms with Crippen molar-refractivity contribution in [3.8, 4) is 0 Å². The molecule has 1 aliphatic carbocycles. The Balaban J connectivity index is 2.14. The summed E-state index contributed by atoms with van der Waals surface area (Å²) < 4.78 is 1.89. The topological polar surface area (TPSA) is 17.8 Å². The van der Waals surface area contributed by atoms with Crippen molar-refractivity contribution in [1.82, 2.24) is 9.78 Å². The first-order valence-corrected chi connectivity index (χ1v) is 5.81. The van der Waals surface area contributed by atoms with E-state index in [1.165, 1.54) is 31.2 Å². The maximum atomic E-state index is 4.22. The third-order valence-electron chi connectivity index (χ3n) is 2.83. The van der Waals surface area contributed by atoms with Crippen molar-refractivity contribution < 1.29 is 0 Å². The number of alkyl halides is 1. The predicted octanol–water partition coefficient (Wildman–Crippen LogP) is 2.84. The average molecular weight is 243 g/mol. The minimum absolute atomic E-state index is 0.658. The molecular weight excluding hydrogens is 228 g/mol. The summed E-state index contributed by atoms with van der Waals surface area (Å²) in [5.41, 5.74) is 1.39. The molecule has 0 aromatic carbocycles. The number of hydrogen-bond acceptors (Lipinski definition) is 1. The Morgan fingerprint density at radius 2 is 2.23 bits per heavy atom. The maximum absolute atomic E-state index is 4.22. The molecule has 2 nitrogen and oxygen atoms in total. The summed E-state index contributed by atoms with van der Waals surface area (Å²) in [6.45, 7) is 0. The molecule has 0 N–H and O–H groups in total. The number of hydrogen-bond donors (Lipinski definition) is 0. The molecule has 0 radical (unpaired) electrons. The van der Waals surface area contributed by atoms with Gasteiger partial charge in [0.25, 0.3) is 0 Å². The van der Waals surface area contributed by atoms with E-state index in [-0.39, 0.29) is 0 Å². The van der Waals surface area contributed by atoms with Gasteiger partial charge in [0, 0.05) is 18.1 Å². The average Bonchev–Trinajstić information content (AvgIpc) is 2.53. The lowest BCUT2D eigenvalue weighted by Crippen LogP contribution is -2.16. The van der Waals surface area contributed by atoms with E-state index in [1.54, 1.807) is 0 Å². The zero-order valence-electron chi connectivity index (χ0n) is 7.91. The lowest BCUT2D eigenvalue weighted by Gasteiger charge is -2.26. The van der Waals surface area contributed by atoms with Crippen LogP contribution in [0.25, 0.3) is 0 Å². The van der Waals surface area contributed by atoms with Crippen molar-refractivity contribution in [3.05, 3.63) is 18.0 Å². The van der Waals surface area contributed by atoms with Crippen molar-refractivity contribution in [3.63, 3.8) is 0 Å². The zero-order valence-corrected chi connectivity index (χ0v) is 9.50. The van der Waals surface area contributed by atoms with Gasteiger partial charge in [-0.25, -0.2) is 0 Å². The lowest BCUT2D eigenvalue weighted by atomic mass is 9.85. The van der Waals surface area contributed by atoms with Crippen LogP contribution in [0.1, 0.15) is 37.2 Å². The molecule has 2 unspecified atom stereocenters. The number of rotatable bonds is 1. The number of halogens is 1. The van der Waals surface area contributed by atoms with Crippen LogP contribution in [0, 0.1) is 0 Å². The summed E-state index contributed by atoms with van der Waals surface area (Å²) >= 11 is 3.76. The molecule has 1 aliphatic rings. The highest BCUT2D eigenvalue weighted by atomic mass is 79.9. The first-order chi connectivity index (χ1) is 6.27. The van der Waals surface area contributed by atoms with Crippen LogP contribution in [-0.4, -0.2) is 14.6 Å². The van der Waals surface area contributed by atoms with E-state index in [4.69, 9.17) is 0 Å². The van der Waals surface area contributed by atoms with Crippen molar-refractivity contribution in [2.24, 2.45) is 7.05 Å². The lowest BCUT2D eigenvalue weighted by molar-refractivity contribution is 0.461. The molecule has 0 bridgehead atoms. The molecule has 1 saturated carbocycles. The maximum Gasteiger partial charge on any atom is 0.0524 e. The molecule has 13 heavy (non-hydrogen) atoms. The van der Waals surface area contributed by atoms with Crippen LogP contribution in [-0.2, 0) is 7.05 Å². The van der Waals surface area contributed by atoms with Crippen LogP contribution in [0.15, 0.2) is 12.4 Å². The molecule has 2 atom stereocenters. The second-order valence-corrected chi connectivity index (χ2v) is 5.03. The standard InChI is InChI=1S/C10H15BrN2/c1-13-7-8(6-12-13)9-4-2-3-5-10(9)11/h6-7,9-10H,2-5H2,1H3. The number of nitrogens with zero attached hydrogens (tertiary/aromatic N) is 2. The molecule has 0 aliphatic heterocycles. The number of aromatic nitrogens is 2. The van der Waals surface area contributed by atoms with Crippen LogP contribution in [0.4, 0.5) is 0 Å². The summed E-state index contributed by atoms with van der Waals surface area (Å²) in [6, 6.07) is 0. The summed E-state index contributed by atoms with van der Waals surface area (Å²) in [7, 11) is 1.98. The fourth-order valence-electron chi connectivity index (χ4n) is 2.09. The highest BCUT2D eigenvalue weighted by Gasteiger charge is 2.24. The molecule has 2 rings (SSSR count). The van der Waals surface area contributed by atoms with Gasteiger partial charge in [0.05, 0.1) is 6.20 Å². The summed E-state index contributed by atoms with van der Waals surface area (Å²) in [5.74, 6) is 0.683. The van der Waals surface area contributed by atoms with Gasteiger partial charge in [0.1, 0.15) is 0 Å². The molecular formula is C10H15BrN2. The van der Waals surface area contributed by atoms with Crippen molar-refractivity contribution in [2.45, 2.75) is 36.4 Å². The smallest absolute Gasteiger partial charge is 0.0524 e. The molecule has 1 fully saturated rings. The van der Waals surface area contributed by atoms with Crippen LogP contribution in [0.5, 0.6) is 0 Å². The molecule has 0 saturated heterocycles. The van der Waals surface area contributed by atoms with E-state index in [2.05, 4.69) is 27.2 Å². The van der Waals surface area contributed by atoms with Crippen LogP contribution < -0.4 is 0 Å². The first-order valence-electron chi connectivity index (χ1n) is 4.90. The minimum atomic E-state index is 0.658. The van der Waals surface area contributed by atoms with Crippen molar-refractivity contribution in [2.75, 3.05) is 0 Å². The largest absolute Gasteiger partial charge is 0.276 e. The Morgan fingerprint density at radius 1 is 1.46 bits per heavy atom. The normalized spacial score (nSPS) is 29.1. The Hall–Kier alpha value is -0.310. The van der Waals surface area contributed by atoms with E-state index in [1.807, 2.05) is 17.9 Å². The molecule has 3 heteroatoms. The van der Waals surface area contributed by atoms with Crippen LogP contribution >= 0.6 is 15.9 Å². The van der Waals surface area contributed by atoms with Gasteiger partial charge in [0.15, 0.2) is 0 Å². The molecule has 0 spiro atoms. The monoisotopic (exact) mass is 242 g/mol. The third-order valence-corrected chi connectivity index (χ3v) is 3.93. The van der Waals surface area contributed by atoms with Crippen LogP contribution in [0.2, 0.25) is 0 Å². The van der Waals surface area contributed by atoms with E-state index in [9.17, 15) is 0 Å². The van der Waals surface area contributed by atoms with Gasteiger partial charge in [-0.1, -0.05) is 28.8 Å². The third kappa shape index (κ3) is 1.96. The van der Waals surface area contributed by atoms with Crippen LogP contribution in [0.3, 0.4) is 0 Å². The Bertz CT molecular complexity index is 282. The second-order valence-electron chi connectivity index (χ2n) is 3.85. The molecule has 0 amide bonds. The van der Waals surface area contributed by atoms with E-state index < -0.39 is 0 Å². The van der Waals surface area contributed by atoms with Gasteiger partial charge in [-0.15, -0.1) is 0 Å². The highest BCUT2D eigenvalue weighted by Crippen LogP contribution is 2.36. The molecule has 1 heterocycles. The molecule has 1 aromatic heterocycles. The van der Waals surface area contributed by atoms with Gasteiger partial charge in [-0.2, -0.15) is 5.10 Å². The van der Waals surface area contributed by atoms with E-state index in [0.29, 0.717) is 10.7 Å². The quantitative estimate of drug-likeness (QED) is 0.693. The van der Waals surface area contributed by atoms with E-state index >= 15 is 0 Å². The summed E-state index contributed by atoms with van der Waals surface area (Å²) in [5, 5.41) is 4.22. The Morgan fingerprint density at radius 3 is 2.85 bits per heavy atom. The highest BCUT2D eigenvalue weighted by molar-refractivity contribution is 9.09. The van der Waals surface area contributed by atoms with Crippen molar-refractivity contribution >= 4 is 15.9 Å². The van der Waals surface area contributed by atoms with E-state index in [0.717, 1.165) is 0 Å². The Kier molecular flexibility index (Phi) is 2.72. The fraction of sp³-hybridized carbons (Fsp3) is 0.700. The molecule has 72 valence electrons. The minimum Gasteiger partial charge on any atom is -0.276 e. The van der Waals surface area contributed by atoms with Gasteiger partial charge < -0.3 is 0 Å². The number of aryl methyl sites for hydroxylation is 1. The van der Waals surface area contributed by atoms with Gasteiger partial charge >= 0.3 is 0 Å². The van der Waals surface area contributed by atoms with Crippen molar-refractivity contribution in [1.29, 1.82) is 0 Å². The first kappa shape index (κ1) is 9.25. The van der Waals surface area contributed by atoms with Gasteiger partial charge in [-0.05, 0) is 24.3 Å². The Labute approximate surface area is 87.5 Å². The second kappa shape index (κ2) is 3.82. The van der Waals surface area contributed by atoms with Gasteiger partial charge in [-0.3, -0.25) is 4.68 Å². The fourth-order valence-corrected chi connectivity index (χ4v) is 2.99. The molecule has 1 aromatic rings. The predicted molar refractivity (Wildman–Crippen MR) is 57.1 cm³/mol. The summed E-state index contributed by atoms with van der Waals surface area (Å²) in [6.07, 6.45) is 9.49.